The zero-order chi connectivity index (χ0) is 82.6. The molecule has 0 amide bonds. The Morgan fingerprint density at radius 1 is 0.342 bits per heavy atom. The van der Waals surface area contributed by atoms with Gasteiger partial charge in [-0.25, -0.2) is 0 Å². The molecule has 4 aliphatic heterocycles. The van der Waals surface area contributed by atoms with Gasteiger partial charge < -0.3 is 42.9 Å². The zero-order valence-electron chi connectivity index (χ0n) is 66.4. The van der Waals surface area contributed by atoms with Crippen molar-refractivity contribution in [1.82, 2.24) is 60.2 Å². The molecule has 9 aromatic carbocycles. The highest BCUT2D eigenvalue weighted by molar-refractivity contribution is 5.74. The Balaban J connectivity index is 0.000000119. The van der Waals surface area contributed by atoms with Crippen LogP contribution in [-0.2, 0) is 45.4 Å². The summed E-state index contributed by atoms with van der Waals surface area (Å²) in [5.74, 6) is 2.46. The molecule has 9 heterocycles. The molecule has 120 heavy (non-hydrogen) atoms. The van der Waals surface area contributed by atoms with E-state index in [0.29, 0.717) is 111 Å². The van der Waals surface area contributed by atoms with Crippen LogP contribution in [0.1, 0.15) is 91.2 Å². The summed E-state index contributed by atoms with van der Waals surface area (Å²) in [6, 6.07) is 78.6. The van der Waals surface area contributed by atoms with Crippen molar-refractivity contribution in [2.24, 2.45) is 23.7 Å². The monoisotopic (exact) mass is 1610 g/mol. The molecule has 14 aromatic rings. The molecule has 5 fully saturated rings. The average molecular weight is 1610 g/mol. The first-order valence-corrected chi connectivity index (χ1v) is 40.5. The lowest BCUT2D eigenvalue weighted by Crippen LogP contribution is -2.49. The van der Waals surface area contributed by atoms with E-state index in [9.17, 15) is 19.2 Å². The first-order chi connectivity index (χ1) is 58.5. The molecule has 0 bridgehead atoms. The SMILES string of the molecule is CCC(C)c1ccc(-c2nc(-c3ccc(CN4CC(C(=O)O)C4)cc3)no2)cc1.O=C(O)C1CN(Cc2ccc(-c3noc(-c4ccc(-c5ccccc5)cc4)n3)cc2)C1.O=C(O)C1CN(Cc2ccc(-c3noc(-c4ccc(-c5ccco5)cc4)n3)cc2)C1.O=C(O)C1CN(Cc2ccc(-c3noc(-c4ccc(C5CCCC5)cc4)n3)cc2)C1. The number of likely N-dealkylation sites (tertiary alicyclic amines) is 4. The Hall–Kier alpha value is -13.5. The fraction of sp³-hybridized carbons (Fsp3) is 0.263. The number of rotatable bonds is 25. The topological polar surface area (TPSA) is 331 Å². The molecule has 1 unspecified atom stereocenters. The van der Waals surface area contributed by atoms with E-state index in [4.69, 9.17) is 42.9 Å². The van der Waals surface area contributed by atoms with Crippen LogP contribution in [0.3, 0.4) is 0 Å². The van der Waals surface area contributed by atoms with Crippen molar-refractivity contribution in [2.45, 2.75) is 84.0 Å². The van der Waals surface area contributed by atoms with Crippen LogP contribution in [0.25, 0.3) is 114 Å². The van der Waals surface area contributed by atoms with Gasteiger partial charge in [0.15, 0.2) is 0 Å². The minimum atomic E-state index is -0.717. The molecule has 25 nitrogen and oxygen atoms in total. The maximum absolute atomic E-state index is 10.9. The van der Waals surface area contributed by atoms with Crippen molar-refractivity contribution in [3.8, 4) is 114 Å². The third-order valence-corrected chi connectivity index (χ3v) is 22.9. The summed E-state index contributed by atoms with van der Waals surface area (Å²) in [6.45, 7) is 12.3. The van der Waals surface area contributed by atoms with Crippen LogP contribution in [0.15, 0.2) is 265 Å². The molecule has 1 atom stereocenters. The molecule has 4 N–H and O–H groups in total. The van der Waals surface area contributed by atoms with Gasteiger partial charge in [-0.05, 0) is 136 Å². The predicted molar refractivity (Wildman–Crippen MR) is 449 cm³/mol. The number of carboxylic acids is 4. The number of carboxylic acid groups (broad SMARTS) is 4. The highest BCUT2D eigenvalue weighted by Gasteiger charge is 2.36. The van der Waals surface area contributed by atoms with Crippen LogP contribution in [0.5, 0.6) is 0 Å². The lowest BCUT2D eigenvalue weighted by Gasteiger charge is -2.36. The fourth-order valence-corrected chi connectivity index (χ4v) is 15.3. The standard InChI is InChI=1S/C25H21N3O3.C24H25N3O3.C23H19N3O4.C23H25N3O3/c29-25(30)22-15-28(16-22)14-17-6-8-20(9-7-17)23-26-24(31-27-23)21-12-10-19(11-13-21)18-4-2-1-3-5-18;28-24(29)21-14-27(15-21)13-16-5-7-19(8-6-16)22-25-23(30-26-22)20-11-9-18(10-12-20)17-3-1-2-4-17;27-23(28)19-13-26(14-19)12-15-3-5-17(6-4-15)21-24-22(30-25-21)18-9-7-16(8-10-18)20-2-1-11-29-20;1-3-15(2)17-8-10-19(11-9-17)22-24-21(25-29-22)18-6-4-16(5-7-18)12-26-13-20(14-26)23(27)28/h1-13,22H,14-16H2,(H,29,30);5-12,17,21H,1-4,13-15H2,(H,28,29);1-11,19H,12-14H2,(H,27,28);4-11,15,20H,3,12-14H2,1-2H3,(H,27,28). The van der Waals surface area contributed by atoms with Gasteiger partial charge in [0.2, 0.25) is 23.3 Å². The summed E-state index contributed by atoms with van der Waals surface area (Å²) in [6.07, 6.45) is 8.00. The second-order valence-electron chi connectivity index (χ2n) is 31.4. The van der Waals surface area contributed by atoms with Gasteiger partial charge >= 0.3 is 23.9 Å². The summed E-state index contributed by atoms with van der Waals surface area (Å²) >= 11 is 0. The Morgan fingerprint density at radius 3 is 0.925 bits per heavy atom. The molecule has 608 valence electrons. The molecule has 4 saturated heterocycles. The maximum atomic E-state index is 10.9. The number of nitrogens with zero attached hydrogens (tertiary/aromatic N) is 12. The van der Waals surface area contributed by atoms with E-state index in [1.54, 1.807) is 6.26 Å². The number of carbonyl (C=O) groups is 4. The second-order valence-corrected chi connectivity index (χ2v) is 31.4. The van der Waals surface area contributed by atoms with Crippen molar-refractivity contribution in [2.75, 3.05) is 52.4 Å². The van der Waals surface area contributed by atoms with E-state index in [-0.39, 0.29) is 23.7 Å². The number of furan rings is 1. The largest absolute Gasteiger partial charge is 0.481 e. The first-order valence-electron chi connectivity index (χ1n) is 40.5. The van der Waals surface area contributed by atoms with Crippen molar-refractivity contribution >= 4 is 23.9 Å². The summed E-state index contributed by atoms with van der Waals surface area (Å²) in [4.78, 5) is 70.3. The lowest BCUT2D eigenvalue weighted by molar-refractivity contribution is -0.148. The number of hydrogen-bond acceptors (Lipinski definition) is 21. The maximum Gasteiger partial charge on any atom is 0.309 e. The fourth-order valence-electron chi connectivity index (χ4n) is 15.3. The van der Waals surface area contributed by atoms with Gasteiger partial charge in [-0.1, -0.05) is 223 Å². The van der Waals surface area contributed by atoms with Crippen molar-refractivity contribution in [1.29, 1.82) is 0 Å². The zero-order valence-corrected chi connectivity index (χ0v) is 66.4. The molecule has 1 saturated carbocycles. The summed E-state index contributed by atoms with van der Waals surface area (Å²) in [5, 5.41) is 52.4. The molecule has 5 aliphatic rings. The number of benzene rings is 9. The van der Waals surface area contributed by atoms with Gasteiger partial charge in [0.25, 0.3) is 23.6 Å². The van der Waals surface area contributed by atoms with Crippen LogP contribution >= 0.6 is 0 Å². The van der Waals surface area contributed by atoms with Crippen LogP contribution in [0.4, 0.5) is 0 Å². The van der Waals surface area contributed by atoms with E-state index in [1.807, 2.05) is 188 Å². The molecule has 25 heteroatoms. The quantitative estimate of drug-likeness (QED) is 0.0413. The Kier molecular flexibility index (Phi) is 24.8. The lowest BCUT2D eigenvalue weighted by atomic mass is 9.97. The minimum absolute atomic E-state index is 0.228. The Labute approximate surface area is 692 Å². The Morgan fingerprint density at radius 2 is 0.625 bits per heavy atom. The van der Waals surface area contributed by atoms with Crippen LogP contribution in [0, 0.1) is 23.7 Å². The van der Waals surface area contributed by atoms with E-state index < -0.39 is 23.9 Å². The molecular weight excluding hydrogens is 1520 g/mol. The van der Waals surface area contributed by atoms with Crippen molar-refractivity contribution in [3.05, 3.63) is 276 Å². The van der Waals surface area contributed by atoms with Gasteiger partial charge in [-0.3, -0.25) is 38.8 Å². The first kappa shape index (κ1) is 80.3. The minimum Gasteiger partial charge on any atom is -0.481 e. The van der Waals surface area contributed by atoms with Crippen LogP contribution < -0.4 is 0 Å². The van der Waals surface area contributed by atoms with E-state index in [2.05, 4.69) is 123 Å². The molecule has 19 rings (SSSR count). The summed E-state index contributed by atoms with van der Waals surface area (Å²) in [7, 11) is 0. The van der Waals surface area contributed by atoms with E-state index in [0.717, 1.165) is 122 Å². The third kappa shape index (κ3) is 19.7. The van der Waals surface area contributed by atoms with Gasteiger partial charge in [-0.2, -0.15) is 19.9 Å². The van der Waals surface area contributed by atoms with Gasteiger partial charge in [0.1, 0.15) is 5.76 Å². The van der Waals surface area contributed by atoms with Crippen LogP contribution in [0.2, 0.25) is 0 Å². The smallest absolute Gasteiger partial charge is 0.309 e. The van der Waals surface area contributed by atoms with Crippen LogP contribution in [-0.4, -0.2) is 157 Å². The molecule has 5 aromatic heterocycles. The molecule has 0 spiro atoms. The van der Waals surface area contributed by atoms with Gasteiger partial charge in [-0.15, -0.1) is 0 Å². The highest BCUT2D eigenvalue weighted by Crippen LogP contribution is 2.37. The molecular formula is C95H90N12O13. The van der Waals surface area contributed by atoms with Gasteiger partial charge in [0.05, 0.1) is 29.9 Å². The van der Waals surface area contributed by atoms with Crippen molar-refractivity contribution in [3.63, 3.8) is 0 Å². The van der Waals surface area contributed by atoms with E-state index >= 15 is 0 Å². The number of aliphatic carboxylic acids is 4. The predicted octanol–water partition coefficient (Wildman–Crippen LogP) is 17.8. The normalized spacial score (nSPS) is 15.6. The van der Waals surface area contributed by atoms with E-state index in [1.165, 1.54) is 36.8 Å². The third-order valence-electron chi connectivity index (χ3n) is 22.9. The highest BCUT2D eigenvalue weighted by atomic mass is 16.5. The molecule has 1 aliphatic carbocycles. The average Bonchev–Trinajstić information content (AvgIpc) is 1.63. The Bertz CT molecular complexity index is 5730. The second kappa shape index (κ2) is 37.0. The number of aromatic nitrogens is 8. The van der Waals surface area contributed by atoms with Gasteiger partial charge in [0, 0.05) is 129 Å². The van der Waals surface area contributed by atoms with Crippen molar-refractivity contribution < 1.29 is 62.1 Å². The summed E-state index contributed by atoms with van der Waals surface area (Å²) in [5.41, 5.74) is 17.7. The summed E-state index contributed by atoms with van der Waals surface area (Å²) < 4.78 is 27.3. The molecule has 0 radical (unpaired) electrons. The number of hydrogen-bond donors (Lipinski definition) is 4.